The first-order valence-electron chi connectivity index (χ1n) is 7.89. The molecule has 0 aliphatic heterocycles. The number of anilines is 1. The van der Waals surface area contributed by atoms with E-state index in [1.54, 1.807) is 31.4 Å². The van der Waals surface area contributed by atoms with Crippen molar-refractivity contribution in [2.45, 2.75) is 13.8 Å². The minimum absolute atomic E-state index is 0.537. The molecule has 0 saturated heterocycles. The number of hydrazone groups is 1. The number of ether oxygens (including phenoxy) is 2. The van der Waals surface area contributed by atoms with Gasteiger partial charge in [-0.2, -0.15) is 5.10 Å². The molecular formula is C19H21N3O4. The highest BCUT2D eigenvalue weighted by molar-refractivity contribution is 6.39. The van der Waals surface area contributed by atoms with Gasteiger partial charge in [-0.05, 0) is 54.8 Å². The third-order valence-corrected chi connectivity index (χ3v) is 3.85. The van der Waals surface area contributed by atoms with Crippen molar-refractivity contribution in [3.8, 4) is 11.5 Å². The molecule has 0 atom stereocenters. The lowest BCUT2D eigenvalue weighted by Crippen LogP contribution is -2.32. The number of carbonyl (C=O) groups excluding carboxylic acids is 2. The van der Waals surface area contributed by atoms with Gasteiger partial charge in [0.15, 0.2) is 11.5 Å². The number of amides is 2. The molecule has 0 aromatic heterocycles. The zero-order valence-corrected chi connectivity index (χ0v) is 15.1. The van der Waals surface area contributed by atoms with Crippen LogP contribution in [0.5, 0.6) is 11.5 Å². The maximum atomic E-state index is 12.0. The monoisotopic (exact) mass is 355 g/mol. The molecule has 0 fully saturated rings. The highest BCUT2D eigenvalue weighted by atomic mass is 16.5. The maximum absolute atomic E-state index is 12.0. The Kier molecular flexibility index (Phi) is 6.32. The van der Waals surface area contributed by atoms with Crippen molar-refractivity contribution < 1.29 is 19.1 Å². The zero-order chi connectivity index (χ0) is 19.1. The van der Waals surface area contributed by atoms with Crippen LogP contribution in [0.15, 0.2) is 41.5 Å². The first-order valence-corrected chi connectivity index (χ1v) is 7.89. The van der Waals surface area contributed by atoms with Crippen LogP contribution >= 0.6 is 0 Å². The fourth-order valence-corrected chi connectivity index (χ4v) is 2.21. The van der Waals surface area contributed by atoms with E-state index in [9.17, 15) is 9.59 Å². The number of benzene rings is 2. The van der Waals surface area contributed by atoms with E-state index in [1.165, 1.54) is 13.3 Å². The van der Waals surface area contributed by atoms with Gasteiger partial charge < -0.3 is 14.8 Å². The third kappa shape index (κ3) is 4.60. The molecule has 0 bridgehead atoms. The minimum atomic E-state index is -0.859. The molecule has 0 aliphatic carbocycles. The van der Waals surface area contributed by atoms with E-state index in [2.05, 4.69) is 15.8 Å². The smallest absolute Gasteiger partial charge is 0.329 e. The van der Waals surface area contributed by atoms with Crippen LogP contribution in [-0.2, 0) is 9.59 Å². The van der Waals surface area contributed by atoms with Crippen LogP contribution in [0.3, 0.4) is 0 Å². The molecule has 0 saturated carbocycles. The Balaban J connectivity index is 1.98. The first-order chi connectivity index (χ1) is 12.5. The average Bonchev–Trinajstić information content (AvgIpc) is 2.65. The number of rotatable bonds is 5. The summed E-state index contributed by atoms with van der Waals surface area (Å²) in [6.07, 6.45) is 1.41. The van der Waals surface area contributed by atoms with Crippen molar-refractivity contribution in [2.24, 2.45) is 5.10 Å². The summed E-state index contributed by atoms with van der Waals surface area (Å²) >= 11 is 0. The number of nitrogens with zero attached hydrogens (tertiary/aromatic N) is 1. The van der Waals surface area contributed by atoms with Gasteiger partial charge in [-0.25, -0.2) is 5.43 Å². The molecule has 7 heteroatoms. The second-order valence-electron chi connectivity index (χ2n) is 5.52. The normalized spacial score (nSPS) is 10.5. The molecule has 2 aromatic carbocycles. The van der Waals surface area contributed by atoms with Crippen molar-refractivity contribution in [2.75, 3.05) is 19.5 Å². The Morgan fingerprint density at radius 1 is 1.00 bits per heavy atom. The highest BCUT2D eigenvalue weighted by Gasteiger charge is 2.14. The number of methoxy groups -OCH3 is 2. The number of hydrogen-bond donors (Lipinski definition) is 2. The lowest BCUT2D eigenvalue weighted by Gasteiger charge is -2.09. The molecule has 2 amide bonds. The van der Waals surface area contributed by atoms with Crippen LogP contribution < -0.4 is 20.2 Å². The van der Waals surface area contributed by atoms with E-state index in [-0.39, 0.29) is 0 Å². The summed E-state index contributed by atoms with van der Waals surface area (Å²) in [5, 5.41) is 6.36. The van der Waals surface area contributed by atoms with Crippen molar-refractivity contribution in [3.63, 3.8) is 0 Å². The summed E-state index contributed by atoms with van der Waals surface area (Å²) < 4.78 is 10.3. The van der Waals surface area contributed by atoms with Crippen LogP contribution in [0, 0.1) is 13.8 Å². The molecule has 2 rings (SSSR count). The van der Waals surface area contributed by atoms with Crippen molar-refractivity contribution in [1.29, 1.82) is 0 Å². The second-order valence-corrected chi connectivity index (χ2v) is 5.52. The third-order valence-electron chi connectivity index (χ3n) is 3.85. The standard InChI is InChI=1S/C19H21N3O4/c1-12-6-5-7-15(13(12)2)21-18(23)19(24)22-20-11-14-8-9-16(25-3)17(10-14)26-4/h5-11H,1-4H3,(H,21,23)(H,22,24)/b20-11-. The van der Waals surface area contributed by atoms with E-state index < -0.39 is 11.8 Å². The predicted octanol–water partition coefficient (Wildman–Crippen LogP) is 2.41. The van der Waals surface area contributed by atoms with Gasteiger partial charge in [0, 0.05) is 5.69 Å². The van der Waals surface area contributed by atoms with E-state index in [4.69, 9.17) is 9.47 Å². The molecule has 0 heterocycles. The van der Waals surface area contributed by atoms with Crippen molar-refractivity contribution in [1.82, 2.24) is 5.43 Å². The summed E-state index contributed by atoms with van der Waals surface area (Å²) in [5.74, 6) is -0.525. The largest absolute Gasteiger partial charge is 0.493 e. The molecule has 0 radical (unpaired) electrons. The summed E-state index contributed by atoms with van der Waals surface area (Å²) in [7, 11) is 3.07. The van der Waals surface area contributed by atoms with Gasteiger partial charge in [-0.1, -0.05) is 12.1 Å². The summed E-state index contributed by atoms with van der Waals surface area (Å²) in [6, 6.07) is 10.6. The predicted molar refractivity (Wildman–Crippen MR) is 99.8 cm³/mol. The fourth-order valence-electron chi connectivity index (χ4n) is 2.21. The average molecular weight is 355 g/mol. The Labute approximate surface area is 152 Å². The van der Waals surface area contributed by atoms with E-state index in [0.29, 0.717) is 22.7 Å². The Morgan fingerprint density at radius 3 is 2.42 bits per heavy atom. The molecule has 0 unspecified atom stereocenters. The summed E-state index contributed by atoms with van der Waals surface area (Å²) in [4.78, 5) is 23.8. The molecule has 0 spiro atoms. The summed E-state index contributed by atoms with van der Waals surface area (Å²) in [5.41, 5.74) is 5.40. The Bertz CT molecular complexity index is 847. The number of aryl methyl sites for hydroxylation is 1. The van der Waals surface area contributed by atoms with Gasteiger partial charge in [0.05, 0.1) is 20.4 Å². The fraction of sp³-hybridized carbons (Fsp3) is 0.211. The van der Waals surface area contributed by atoms with Gasteiger partial charge in [0.1, 0.15) is 0 Å². The van der Waals surface area contributed by atoms with Gasteiger partial charge in [-0.15, -0.1) is 0 Å². The van der Waals surface area contributed by atoms with Gasteiger partial charge in [0.2, 0.25) is 0 Å². The maximum Gasteiger partial charge on any atom is 0.329 e. The van der Waals surface area contributed by atoms with E-state index in [0.717, 1.165) is 11.1 Å². The quantitative estimate of drug-likeness (QED) is 0.490. The van der Waals surface area contributed by atoms with Crippen LogP contribution in [-0.4, -0.2) is 32.2 Å². The second kappa shape index (κ2) is 8.66. The molecule has 0 aliphatic rings. The SMILES string of the molecule is COc1ccc(/C=N\NC(=O)C(=O)Nc2cccc(C)c2C)cc1OC. The molecule has 26 heavy (non-hydrogen) atoms. The van der Waals surface area contributed by atoms with Gasteiger partial charge >= 0.3 is 11.8 Å². The zero-order valence-electron chi connectivity index (χ0n) is 15.1. The van der Waals surface area contributed by atoms with Crippen molar-refractivity contribution in [3.05, 3.63) is 53.1 Å². The lowest BCUT2D eigenvalue weighted by molar-refractivity contribution is -0.136. The molecular weight excluding hydrogens is 334 g/mol. The van der Waals surface area contributed by atoms with E-state index >= 15 is 0 Å². The number of carbonyl (C=O) groups is 2. The first kappa shape index (κ1) is 19.0. The molecule has 136 valence electrons. The van der Waals surface area contributed by atoms with Crippen LogP contribution in [0.1, 0.15) is 16.7 Å². The summed E-state index contributed by atoms with van der Waals surface area (Å²) in [6.45, 7) is 3.80. The molecule has 7 nitrogen and oxygen atoms in total. The van der Waals surface area contributed by atoms with Crippen LogP contribution in [0.2, 0.25) is 0 Å². The van der Waals surface area contributed by atoms with Gasteiger partial charge in [-0.3, -0.25) is 9.59 Å². The van der Waals surface area contributed by atoms with E-state index in [1.807, 2.05) is 26.0 Å². The van der Waals surface area contributed by atoms with Crippen LogP contribution in [0.25, 0.3) is 0 Å². The van der Waals surface area contributed by atoms with Crippen LogP contribution in [0.4, 0.5) is 5.69 Å². The molecule has 2 aromatic rings. The van der Waals surface area contributed by atoms with Gasteiger partial charge in [0.25, 0.3) is 0 Å². The Hall–Kier alpha value is -3.35. The topological polar surface area (TPSA) is 89.0 Å². The Morgan fingerprint density at radius 2 is 1.73 bits per heavy atom. The highest BCUT2D eigenvalue weighted by Crippen LogP contribution is 2.26. The van der Waals surface area contributed by atoms with Crippen molar-refractivity contribution >= 4 is 23.7 Å². The number of nitrogens with one attached hydrogen (secondary N) is 2. The number of hydrogen-bond acceptors (Lipinski definition) is 5. The minimum Gasteiger partial charge on any atom is -0.493 e. The lowest BCUT2D eigenvalue weighted by atomic mass is 10.1. The molecule has 2 N–H and O–H groups in total.